The molecule has 36 heavy (non-hydrogen) atoms. The lowest BCUT2D eigenvalue weighted by molar-refractivity contribution is -0.289. The Balaban J connectivity index is 1.39. The first-order valence-corrected chi connectivity index (χ1v) is 14.2. The molecule has 7 heteroatoms. The topological polar surface area (TPSA) is 117 Å². The van der Waals surface area contributed by atoms with Gasteiger partial charge in [-0.15, -0.1) is 0 Å². The summed E-state index contributed by atoms with van der Waals surface area (Å²) in [6, 6.07) is 0. The predicted octanol–water partition coefficient (Wildman–Crippen LogP) is 3.16. The molecule has 6 rings (SSSR count). The summed E-state index contributed by atoms with van der Waals surface area (Å²) in [4.78, 5) is 26.1. The van der Waals surface area contributed by atoms with Crippen molar-refractivity contribution in [1.82, 2.24) is 0 Å². The minimum absolute atomic E-state index is 0.0176. The lowest BCUT2D eigenvalue weighted by atomic mass is 9.38. The van der Waals surface area contributed by atoms with E-state index in [4.69, 9.17) is 9.47 Å². The van der Waals surface area contributed by atoms with Crippen molar-refractivity contribution >= 4 is 11.8 Å². The second kappa shape index (κ2) is 7.13. The maximum Gasteiger partial charge on any atom is 0.309 e. The number of fused-ring (bicyclic) bond motifs is 8. The van der Waals surface area contributed by atoms with Crippen LogP contribution in [0.1, 0.15) is 92.9 Å². The monoisotopic (exact) mass is 504 g/mol. The summed E-state index contributed by atoms with van der Waals surface area (Å²) >= 11 is 0. The van der Waals surface area contributed by atoms with Gasteiger partial charge in [0.25, 0.3) is 0 Å². The number of ether oxygens (including phenoxy) is 2. The van der Waals surface area contributed by atoms with Crippen LogP contribution in [-0.4, -0.2) is 62.2 Å². The Hall–Kier alpha value is -1.02. The van der Waals surface area contributed by atoms with Crippen LogP contribution < -0.4 is 0 Å². The summed E-state index contributed by atoms with van der Waals surface area (Å²) < 4.78 is 12.1. The third-order valence-corrected chi connectivity index (χ3v) is 13.3. The number of hydrogen-bond donors (Lipinski definition) is 3. The second-order valence-corrected chi connectivity index (χ2v) is 14.3. The molecule has 6 aliphatic rings. The molecule has 4 saturated carbocycles. The summed E-state index contributed by atoms with van der Waals surface area (Å²) in [5.74, 6) is -0.618. The number of carbonyl (C=O) groups excluding carboxylic acids is 2. The molecule has 2 aliphatic heterocycles. The maximum absolute atomic E-state index is 13.6. The highest BCUT2D eigenvalue weighted by Gasteiger charge is 2.83. The van der Waals surface area contributed by atoms with Crippen molar-refractivity contribution in [2.24, 2.45) is 39.9 Å². The molecule has 3 N–H and O–H groups in total. The molecule has 202 valence electrons. The summed E-state index contributed by atoms with van der Waals surface area (Å²) in [6.45, 7) is 11.6. The summed E-state index contributed by atoms with van der Waals surface area (Å²) in [7, 11) is 0. The van der Waals surface area contributed by atoms with Crippen molar-refractivity contribution in [2.75, 3.05) is 0 Å². The van der Waals surface area contributed by atoms with Crippen LogP contribution in [0.25, 0.3) is 0 Å². The number of hydrogen-bond acceptors (Lipinski definition) is 7. The van der Waals surface area contributed by atoms with E-state index in [1.807, 2.05) is 20.8 Å². The van der Waals surface area contributed by atoms with Gasteiger partial charge in [-0.2, -0.15) is 0 Å². The average Bonchev–Trinajstić information content (AvgIpc) is 3.57. The van der Waals surface area contributed by atoms with Crippen LogP contribution in [0.4, 0.5) is 0 Å². The van der Waals surface area contributed by atoms with Crippen LogP contribution in [0.5, 0.6) is 0 Å². The minimum atomic E-state index is -1.74. The number of esters is 1. The van der Waals surface area contributed by atoms with Crippen LogP contribution in [0.2, 0.25) is 0 Å². The Morgan fingerprint density at radius 3 is 2.39 bits per heavy atom. The molecule has 6 fully saturated rings. The molecule has 2 heterocycles. The third kappa shape index (κ3) is 2.55. The van der Waals surface area contributed by atoms with E-state index in [2.05, 4.69) is 13.8 Å². The molecule has 7 nitrogen and oxygen atoms in total. The number of cyclic esters (lactones) is 1. The van der Waals surface area contributed by atoms with Crippen molar-refractivity contribution in [3.05, 3.63) is 0 Å². The maximum atomic E-state index is 13.6. The fourth-order valence-corrected chi connectivity index (χ4v) is 10.3. The Kier molecular flexibility index (Phi) is 5.01. The molecule has 0 radical (unpaired) electrons. The zero-order chi connectivity index (χ0) is 26.3. The van der Waals surface area contributed by atoms with E-state index in [-0.39, 0.29) is 59.5 Å². The molecule has 0 aromatic rings. The predicted molar refractivity (Wildman–Crippen MR) is 131 cm³/mol. The highest BCUT2D eigenvalue weighted by molar-refractivity contribution is 5.87. The molecule has 0 aromatic heterocycles. The van der Waals surface area contributed by atoms with Crippen LogP contribution in [0, 0.1) is 39.9 Å². The van der Waals surface area contributed by atoms with Crippen LogP contribution >= 0.6 is 0 Å². The molecule has 0 bridgehead atoms. The average molecular weight is 505 g/mol. The fraction of sp³-hybridized carbons (Fsp3) is 0.931. The largest absolute Gasteiger partial charge is 0.459 e. The zero-order valence-electron chi connectivity index (χ0n) is 22.7. The first kappa shape index (κ1) is 25.3. The molecular formula is C29H44O7. The molecule has 2 saturated heterocycles. The van der Waals surface area contributed by atoms with Gasteiger partial charge < -0.3 is 24.8 Å². The van der Waals surface area contributed by atoms with Crippen LogP contribution in [0.3, 0.4) is 0 Å². The van der Waals surface area contributed by atoms with Gasteiger partial charge in [0.1, 0.15) is 23.1 Å². The van der Waals surface area contributed by atoms with Gasteiger partial charge in [0.15, 0.2) is 0 Å². The molecule has 0 spiro atoms. The molecule has 0 amide bonds. The number of aliphatic hydroxyl groups is 3. The van der Waals surface area contributed by atoms with E-state index in [9.17, 15) is 24.9 Å². The van der Waals surface area contributed by atoms with Gasteiger partial charge in [-0.3, -0.25) is 9.59 Å². The van der Waals surface area contributed by atoms with Crippen LogP contribution in [-0.2, 0) is 19.1 Å². The molecular weight excluding hydrogens is 460 g/mol. The molecule has 4 aliphatic carbocycles. The zero-order valence-corrected chi connectivity index (χ0v) is 22.7. The first-order valence-electron chi connectivity index (χ1n) is 14.2. The Bertz CT molecular complexity index is 1010. The Morgan fingerprint density at radius 1 is 1.03 bits per heavy atom. The van der Waals surface area contributed by atoms with Crippen molar-refractivity contribution in [3.8, 4) is 0 Å². The van der Waals surface area contributed by atoms with E-state index >= 15 is 0 Å². The van der Waals surface area contributed by atoms with Gasteiger partial charge in [0.2, 0.25) is 0 Å². The van der Waals surface area contributed by atoms with E-state index in [0.29, 0.717) is 32.1 Å². The van der Waals surface area contributed by atoms with Crippen molar-refractivity contribution < 1.29 is 34.4 Å². The third-order valence-electron chi connectivity index (χ3n) is 13.3. The van der Waals surface area contributed by atoms with Gasteiger partial charge in [0.05, 0.1) is 23.7 Å². The van der Waals surface area contributed by atoms with Gasteiger partial charge in [-0.25, -0.2) is 0 Å². The fourth-order valence-electron chi connectivity index (χ4n) is 10.3. The Labute approximate surface area is 214 Å². The molecule has 13 atom stereocenters. The van der Waals surface area contributed by atoms with E-state index in [1.54, 1.807) is 6.92 Å². The highest BCUT2D eigenvalue weighted by atomic mass is 16.6. The van der Waals surface area contributed by atoms with Gasteiger partial charge in [-0.05, 0) is 63.7 Å². The summed E-state index contributed by atoms with van der Waals surface area (Å²) in [5, 5.41) is 37.0. The number of ketones is 1. The van der Waals surface area contributed by atoms with Crippen molar-refractivity contribution in [1.29, 1.82) is 0 Å². The van der Waals surface area contributed by atoms with Crippen LogP contribution in [0.15, 0.2) is 0 Å². The van der Waals surface area contributed by atoms with Crippen molar-refractivity contribution in [3.63, 3.8) is 0 Å². The molecule has 0 aromatic carbocycles. The van der Waals surface area contributed by atoms with Crippen molar-refractivity contribution in [2.45, 2.75) is 128 Å². The minimum Gasteiger partial charge on any atom is -0.459 e. The molecule has 0 unspecified atom stereocenters. The quantitative estimate of drug-likeness (QED) is 0.391. The smallest absolute Gasteiger partial charge is 0.309 e. The number of epoxide rings is 1. The van der Waals surface area contributed by atoms with Gasteiger partial charge >= 0.3 is 5.97 Å². The number of Topliss-reactive ketones (excluding diaryl/α,β-unsaturated/α-hetero) is 1. The second-order valence-electron chi connectivity index (χ2n) is 14.3. The van der Waals surface area contributed by atoms with E-state index in [0.717, 1.165) is 12.8 Å². The number of rotatable bonds is 2. The highest BCUT2D eigenvalue weighted by Crippen LogP contribution is 2.76. The Morgan fingerprint density at radius 2 is 1.72 bits per heavy atom. The summed E-state index contributed by atoms with van der Waals surface area (Å²) in [5.41, 5.74) is -6.54. The first-order chi connectivity index (χ1) is 16.6. The van der Waals surface area contributed by atoms with Gasteiger partial charge in [0, 0.05) is 28.6 Å². The van der Waals surface area contributed by atoms with Gasteiger partial charge in [-0.1, -0.05) is 34.6 Å². The van der Waals surface area contributed by atoms with E-state index < -0.39 is 33.7 Å². The standard InChI is InChI=1S/C29H44O7/c1-15-14-19(35-23(31)16(15)2)27(6,32)29(34)13-12-28(33)20-17(9-11-25(28,29)4)26(5)18(30)8-7-10-24(26,3)22-21(20)36-22/h15-17,19-22,32-34H,7-14H2,1-6H3/t15-,16+,17-,19+,20-,21-,22-,24+,25-,26-,27-,28+,29-/m0/s1. The number of carbonyl (C=O) groups is 2. The lowest BCUT2D eigenvalue weighted by Gasteiger charge is -2.65. The van der Waals surface area contributed by atoms with E-state index in [1.165, 1.54) is 0 Å². The lowest BCUT2D eigenvalue weighted by Crippen LogP contribution is -2.74. The summed E-state index contributed by atoms with van der Waals surface area (Å²) in [6.07, 6.45) is 3.52. The SMILES string of the molecule is C[C@H]1C[C@H]([C@](C)(O)[C@]2(O)CC[C@@]3(O)[C@@H]4[C@@H]5O[C@@H]5[C@@]5(C)CCCC(=O)[C@]5(C)[C@H]4CC[C@]23C)OC(=O)[C@@H]1C. The normalized spacial score (nSPS) is 59.6.